The quantitative estimate of drug-likeness (QED) is 0.305. The monoisotopic (exact) mass is 752 g/mol. The number of fused-ring (bicyclic) bond motifs is 4. The van der Waals surface area contributed by atoms with Gasteiger partial charge in [0, 0.05) is 74.9 Å². The lowest BCUT2D eigenvalue weighted by atomic mass is 9.85. The van der Waals surface area contributed by atoms with E-state index in [0.29, 0.717) is 35.4 Å². The van der Waals surface area contributed by atoms with Crippen LogP contribution in [-0.2, 0) is 57.7 Å². The number of benzene rings is 4. The molecule has 3 aliphatic rings. The zero-order chi connectivity index (χ0) is 37.1. The van der Waals surface area contributed by atoms with Crippen molar-refractivity contribution in [3.05, 3.63) is 112 Å². The van der Waals surface area contributed by atoms with Crippen molar-refractivity contribution in [3.8, 4) is 17.2 Å². The van der Waals surface area contributed by atoms with Crippen molar-refractivity contribution in [3.63, 3.8) is 0 Å². The number of methoxy groups -OCH3 is 2. The molecule has 0 radical (unpaired) electrons. The van der Waals surface area contributed by atoms with Crippen LogP contribution < -0.4 is 28.8 Å². The lowest BCUT2D eigenvalue weighted by Crippen LogP contribution is -2.57. The molecule has 4 aromatic carbocycles. The molecular weight excluding hydrogens is 713 g/mol. The van der Waals surface area contributed by atoms with Gasteiger partial charge in [-0.1, -0.05) is 30.3 Å². The highest BCUT2D eigenvalue weighted by atomic mass is 32.3. The number of anilines is 2. The summed E-state index contributed by atoms with van der Waals surface area (Å²) in [5.41, 5.74) is -0.0165. The van der Waals surface area contributed by atoms with Crippen molar-refractivity contribution < 1.29 is 43.1 Å². The largest absolute Gasteiger partial charge is 0.497 e. The van der Waals surface area contributed by atoms with Gasteiger partial charge in [-0.25, -0.2) is 8.37 Å². The van der Waals surface area contributed by atoms with Crippen molar-refractivity contribution >= 4 is 32.2 Å². The molecule has 0 saturated heterocycles. The average molecular weight is 753 g/mol. The SMILES string of the molecule is COc1ccc2c(c1)C1(c3ccc(N(C)C)cc3)OS(=O)(=O)Oc3cc4c(cc3OC)CCNC4(c3ccc(N(C)C)cc3)OS(=O)(=O)ON1CC2. The van der Waals surface area contributed by atoms with E-state index in [4.69, 9.17) is 26.3 Å². The van der Waals surface area contributed by atoms with Crippen LogP contribution in [0.15, 0.2) is 78.9 Å². The number of nitrogens with zero attached hydrogens (tertiary/aromatic N) is 3. The van der Waals surface area contributed by atoms with Gasteiger partial charge in [0.2, 0.25) is 5.72 Å². The second-order valence-electron chi connectivity index (χ2n) is 13.1. The van der Waals surface area contributed by atoms with Crippen LogP contribution in [0.1, 0.15) is 33.4 Å². The van der Waals surface area contributed by atoms with E-state index in [1.807, 2.05) is 50.1 Å². The van der Waals surface area contributed by atoms with Gasteiger partial charge in [0.05, 0.1) is 14.2 Å². The Morgan fingerprint density at radius 1 is 0.712 bits per heavy atom. The minimum Gasteiger partial charge on any atom is -0.497 e. The molecule has 0 aliphatic carbocycles. The Kier molecular flexibility index (Phi) is 9.14. The predicted molar refractivity (Wildman–Crippen MR) is 193 cm³/mol. The van der Waals surface area contributed by atoms with Crippen LogP contribution in [0.4, 0.5) is 11.4 Å². The average Bonchev–Trinajstić information content (AvgIpc) is 3.11. The van der Waals surface area contributed by atoms with E-state index in [1.54, 1.807) is 60.7 Å². The van der Waals surface area contributed by atoms with Crippen molar-refractivity contribution in [2.75, 3.05) is 65.3 Å². The molecule has 7 rings (SSSR count). The number of nitrogens with one attached hydrogen (secondary N) is 1. The van der Waals surface area contributed by atoms with Crippen molar-refractivity contribution in [1.29, 1.82) is 0 Å². The Bertz CT molecular complexity index is 2210. The Hall–Kier alpha value is -4.42. The predicted octanol–water partition coefficient (Wildman–Crippen LogP) is 3.79. The molecule has 0 saturated carbocycles. The lowest BCUT2D eigenvalue weighted by molar-refractivity contribution is -0.223. The van der Waals surface area contributed by atoms with Crippen molar-refractivity contribution in [2.24, 2.45) is 0 Å². The first-order chi connectivity index (χ1) is 24.7. The number of hydroxylamine groups is 2. The standard InChI is InChI=1S/C36H40N4O10S2/c1-38(2)28-12-8-26(9-13-28)35-31-23-34(33(46-6)21-25(31)17-19-37-35)47-51(41,42)49-36(27-10-14-29(15-11-27)39(3)4)32-22-30(45-5)16-7-24(32)18-20-40(36)50-52(43,44)48-35/h7-16,21-23,37H,17-20H2,1-6H3. The molecule has 2 unspecified atom stereocenters. The molecule has 0 aromatic heterocycles. The first kappa shape index (κ1) is 36.0. The third-order valence-electron chi connectivity index (χ3n) is 9.54. The summed E-state index contributed by atoms with van der Waals surface area (Å²) >= 11 is 0. The summed E-state index contributed by atoms with van der Waals surface area (Å²) in [7, 11) is 0.193. The van der Waals surface area contributed by atoms with Gasteiger partial charge in [0.1, 0.15) is 5.75 Å². The van der Waals surface area contributed by atoms with Crippen molar-refractivity contribution in [1.82, 2.24) is 10.4 Å². The van der Waals surface area contributed by atoms with E-state index in [9.17, 15) is 16.8 Å². The molecule has 2 bridgehead atoms. The van der Waals surface area contributed by atoms with Gasteiger partial charge in [0.25, 0.3) is 0 Å². The normalized spacial score (nSPS) is 23.4. The molecule has 276 valence electrons. The van der Waals surface area contributed by atoms with Gasteiger partial charge in [-0.05, 0) is 72.5 Å². The van der Waals surface area contributed by atoms with E-state index in [0.717, 1.165) is 16.4 Å². The van der Waals surface area contributed by atoms with Crippen LogP contribution in [0.3, 0.4) is 0 Å². The molecule has 14 nitrogen and oxygen atoms in total. The molecule has 0 spiro atoms. The summed E-state index contributed by atoms with van der Waals surface area (Å²) in [6.07, 6.45) is 0.691. The van der Waals surface area contributed by atoms with Crippen LogP contribution in [0.5, 0.6) is 17.2 Å². The van der Waals surface area contributed by atoms with Crippen LogP contribution >= 0.6 is 0 Å². The number of hydrogen-bond donors (Lipinski definition) is 1. The fraction of sp³-hybridized carbons (Fsp3) is 0.333. The third-order valence-corrected chi connectivity index (χ3v) is 11.2. The maximum Gasteiger partial charge on any atom is 0.451 e. The minimum atomic E-state index is -5.08. The smallest absolute Gasteiger partial charge is 0.451 e. The van der Waals surface area contributed by atoms with Crippen LogP contribution in [0.25, 0.3) is 0 Å². The topological polar surface area (TPSA) is 145 Å². The van der Waals surface area contributed by atoms with E-state index in [1.165, 1.54) is 20.3 Å². The third kappa shape index (κ3) is 6.23. The molecular formula is C36H40N4O10S2. The maximum absolute atomic E-state index is 14.5. The second kappa shape index (κ2) is 13.2. The molecule has 3 aliphatic heterocycles. The first-order valence-corrected chi connectivity index (χ1v) is 19.1. The fourth-order valence-corrected chi connectivity index (χ4v) is 8.93. The van der Waals surface area contributed by atoms with Crippen LogP contribution in [-0.4, -0.2) is 77.4 Å². The minimum absolute atomic E-state index is 0.0906. The first-order valence-electron chi connectivity index (χ1n) is 16.5. The number of hydrogen-bond acceptors (Lipinski definition) is 14. The van der Waals surface area contributed by atoms with Crippen LogP contribution in [0.2, 0.25) is 0 Å². The van der Waals surface area contributed by atoms with Gasteiger partial charge in [0.15, 0.2) is 17.2 Å². The van der Waals surface area contributed by atoms with E-state index < -0.39 is 32.2 Å². The number of rotatable bonds is 6. The van der Waals surface area contributed by atoms with E-state index in [2.05, 4.69) is 5.32 Å². The molecule has 4 aromatic rings. The lowest BCUT2D eigenvalue weighted by Gasteiger charge is -2.46. The molecule has 0 amide bonds. The maximum atomic E-state index is 14.5. The molecule has 2 atom stereocenters. The van der Waals surface area contributed by atoms with Crippen LogP contribution in [0, 0.1) is 0 Å². The summed E-state index contributed by atoms with van der Waals surface area (Å²) in [6.45, 7) is 0.159. The summed E-state index contributed by atoms with van der Waals surface area (Å²) in [5, 5.41) is 4.23. The Morgan fingerprint density at radius 3 is 1.98 bits per heavy atom. The summed E-state index contributed by atoms with van der Waals surface area (Å²) in [4.78, 5) is 3.77. The van der Waals surface area contributed by atoms with Gasteiger partial charge in [-0.3, -0.25) is 5.32 Å². The molecule has 1 N–H and O–H groups in total. The van der Waals surface area contributed by atoms with E-state index in [-0.39, 0.29) is 41.2 Å². The fourth-order valence-electron chi connectivity index (χ4n) is 7.00. The molecule has 3 heterocycles. The highest BCUT2D eigenvalue weighted by Crippen LogP contribution is 2.49. The van der Waals surface area contributed by atoms with E-state index >= 15 is 0 Å². The summed E-state index contributed by atoms with van der Waals surface area (Å²) < 4.78 is 92.9. The zero-order valence-corrected chi connectivity index (χ0v) is 31.2. The Morgan fingerprint density at radius 2 is 1.37 bits per heavy atom. The molecule has 0 fully saturated rings. The van der Waals surface area contributed by atoms with Gasteiger partial charge in [-0.15, -0.1) is 5.06 Å². The molecule has 16 heteroatoms. The Labute approximate surface area is 304 Å². The summed E-state index contributed by atoms with van der Waals surface area (Å²) in [5.74, 6) is 0.214. The van der Waals surface area contributed by atoms with Gasteiger partial charge in [-0.2, -0.15) is 21.1 Å². The van der Waals surface area contributed by atoms with Crippen molar-refractivity contribution in [2.45, 2.75) is 24.3 Å². The highest BCUT2D eigenvalue weighted by Gasteiger charge is 2.55. The van der Waals surface area contributed by atoms with Gasteiger partial charge >= 0.3 is 20.8 Å². The zero-order valence-electron chi connectivity index (χ0n) is 29.6. The molecule has 52 heavy (non-hydrogen) atoms. The Balaban J connectivity index is 1.51. The summed E-state index contributed by atoms with van der Waals surface area (Å²) in [6, 6.07) is 22.0. The van der Waals surface area contributed by atoms with Gasteiger partial charge < -0.3 is 23.5 Å². The highest BCUT2D eigenvalue weighted by molar-refractivity contribution is 7.82. The number of ether oxygens (including phenoxy) is 2. The second-order valence-corrected chi connectivity index (χ2v) is 15.3.